The molecule has 1 aliphatic rings. The zero-order chi connectivity index (χ0) is 18.6. The fourth-order valence-electron chi connectivity index (χ4n) is 3.43. The number of nitrogens with zero attached hydrogens (tertiary/aromatic N) is 2. The highest BCUT2D eigenvalue weighted by atomic mass is 16.1. The summed E-state index contributed by atoms with van der Waals surface area (Å²) >= 11 is 0. The van der Waals surface area contributed by atoms with Crippen LogP contribution in [0.15, 0.2) is 82.5 Å². The van der Waals surface area contributed by atoms with Crippen molar-refractivity contribution in [2.24, 2.45) is 15.6 Å². The maximum Gasteiger partial charge on any atom is 0.213 e. The molecule has 0 saturated heterocycles. The predicted molar refractivity (Wildman–Crippen MR) is 108 cm³/mol. The monoisotopic (exact) mass is 344 g/mol. The van der Waals surface area contributed by atoms with E-state index in [1.54, 1.807) is 0 Å². The van der Waals surface area contributed by atoms with Gasteiger partial charge in [-0.1, -0.05) is 80.1 Å². The van der Waals surface area contributed by atoms with Crippen molar-refractivity contribution in [1.29, 1.82) is 0 Å². The van der Waals surface area contributed by atoms with Crippen LogP contribution in [0.3, 0.4) is 0 Å². The van der Waals surface area contributed by atoms with Gasteiger partial charge in [-0.25, -0.2) is 0 Å². The molecule has 0 bridgehead atoms. The van der Waals surface area contributed by atoms with Crippen LogP contribution < -0.4 is 0 Å². The lowest BCUT2D eigenvalue weighted by molar-refractivity contribution is 0.106. The molecule has 0 N–H and O–H groups in total. The van der Waals surface area contributed by atoms with Gasteiger partial charge in [0.2, 0.25) is 5.78 Å². The van der Waals surface area contributed by atoms with Gasteiger partial charge >= 0.3 is 0 Å². The first-order valence-corrected chi connectivity index (χ1v) is 8.91. The summed E-state index contributed by atoms with van der Waals surface area (Å²) in [6.07, 6.45) is 4.00. The fraction of sp³-hybridized carbons (Fsp3) is 0.261. The molecule has 26 heavy (non-hydrogen) atoms. The quantitative estimate of drug-likeness (QED) is 0.411. The lowest BCUT2D eigenvalue weighted by atomic mass is 9.77. The van der Waals surface area contributed by atoms with Gasteiger partial charge in [-0.2, -0.15) is 5.10 Å². The molecule has 3 nitrogen and oxygen atoms in total. The van der Waals surface area contributed by atoms with E-state index < -0.39 is 0 Å². The first-order valence-electron chi connectivity index (χ1n) is 8.91. The summed E-state index contributed by atoms with van der Waals surface area (Å²) in [5, 5.41) is 8.86. The molecule has 0 aromatic heterocycles. The van der Waals surface area contributed by atoms with Crippen LogP contribution in [-0.4, -0.2) is 17.2 Å². The molecule has 0 radical (unpaired) electrons. The minimum Gasteiger partial charge on any atom is -0.287 e. The maximum absolute atomic E-state index is 13.0. The molecular weight excluding hydrogens is 320 g/mol. The van der Waals surface area contributed by atoms with E-state index in [4.69, 9.17) is 0 Å². The number of benzene rings is 2. The molecule has 3 heteroatoms. The molecule has 132 valence electrons. The number of rotatable bonds is 4. The van der Waals surface area contributed by atoms with E-state index in [1.807, 2.05) is 60.7 Å². The Morgan fingerprint density at radius 2 is 1.46 bits per heavy atom. The van der Waals surface area contributed by atoms with Crippen LogP contribution in [0.5, 0.6) is 0 Å². The van der Waals surface area contributed by atoms with Crippen LogP contribution in [0, 0.1) is 5.41 Å². The molecule has 2 aromatic carbocycles. The number of carbonyl (C=O) groups is 1. The molecule has 0 atom stereocenters. The van der Waals surface area contributed by atoms with Crippen LogP contribution in [-0.2, 0) is 0 Å². The zero-order valence-electron chi connectivity index (χ0n) is 15.6. The molecule has 1 aliphatic carbocycles. The van der Waals surface area contributed by atoms with E-state index in [0.717, 1.165) is 24.1 Å². The third-order valence-electron chi connectivity index (χ3n) is 4.41. The van der Waals surface area contributed by atoms with Crippen molar-refractivity contribution in [2.75, 3.05) is 0 Å². The summed E-state index contributed by atoms with van der Waals surface area (Å²) in [6, 6.07) is 18.8. The second kappa shape index (κ2) is 7.61. The summed E-state index contributed by atoms with van der Waals surface area (Å²) in [5.74, 6) is -0.114. The van der Waals surface area contributed by atoms with Crippen molar-refractivity contribution < 1.29 is 4.79 Å². The average Bonchev–Trinajstić information content (AvgIpc) is 2.62. The van der Waals surface area contributed by atoms with Gasteiger partial charge in [0.25, 0.3) is 0 Å². The normalized spacial score (nSPS) is 18.5. The Labute approximate surface area is 155 Å². The highest BCUT2D eigenvalue weighted by Crippen LogP contribution is 2.33. The lowest BCUT2D eigenvalue weighted by Crippen LogP contribution is -2.21. The van der Waals surface area contributed by atoms with Crippen molar-refractivity contribution in [3.63, 3.8) is 0 Å². The first-order chi connectivity index (χ1) is 12.4. The largest absolute Gasteiger partial charge is 0.287 e. The molecular formula is C23H24N2O. The molecule has 0 unspecified atom stereocenters. The average molecular weight is 344 g/mol. The van der Waals surface area contributed by atoms with Crippen LogP contribution >= 0.6 is 0 Å². The van der Waals surface area contributed by atoms with Crippen molar-refractivity contribution >= 4 is 17.2 Å². The Balaban J connectivity index is 2.01. The van der Waals surface area contributed by atoms with E-state index >= 15 is 0 Å². The molecule has 3 rings (SSSR count). The van der Waals surface area contributed by atoms with Gasteiger partial charge in [-0.05, 0) is 31.3 Å². The molecule has 0 spiro atoms. The van der Waals surface area contributed by atoms with Gasteiger partial charge in [-0.15, -0.1) is 5.10 Å². The smallest absolute Gasteiger partial charge is 0.213 e. The van der Waals surface area contributed by atoms with E-state index in [2.05, 4.69) is 37.1 Å². The Kier molecular flexibility index (Phi) is 5.27. The lowest BCUT2D eigenvalue weighted by Gasteiger charge is -2.28. The third-order valence-corrected chi connectivity index (χ3v) is 4.41. The van der Waals surface area contributed by atoms with Crippen LogP contribution in [0.2, 0.25) is 0 Å². The highest BCUT2D eigenvalue weighted by molar-refractivity contribution is 6.51. The first kappa shape index (κ1) is 18.0. The van der Waals surface area contributed by atoms with Crippen LogP contribution in [0.25, 0.3) is 0 Å². The van der Waals surface area contributed by atoms with Crippen LogP contribution in [0.4, 0.5) is 0 Å². The van der Waals surface area contributed by atoms with E-state index in [1.165, 1.54) is 5.57 Å². The van der Waals surface area contributed by atoms with Crippen molar-refractivity contribution in [3.8, 4) is 0 Å². The topological polar surface area (TPSA) is 41.8 Å². The predicted octanol–water partition coefficient (Wildman–Crippen LogP) is 5.48. The SMILES string of the molecule is CC1=C/C(=N/N=C(\C(=O)c2ccccc2)c2ccccc2)CC(C)(C)C1. The molecule has 0 amide bonds. The van der Waals surface area contributed by atoms with E-state index in [-0.39, 0.29) is 11.2 Å². The standard InChI is InChI=1S/C23H24N2O/c1-17-14-20(16-23(2,3)15-17)24-25-21(18-10-6-4-7-11-18)22(26)19-12-8-5-9-13-19/h4-14H,15-16H2,1-3H3/b24-20-,25-21-. The number of Topliss-reactive ketones (excluding diaryl/α,β-unsaturated/α-hetero) is 1. The van der Waals surface area contributed by atoms with E-state index in [9.17, 15) is 4.79 Å². The van der Waals surface area contributed by atoms with Gasteiger partial charge in [0.05, 0.1) is 5.71 Å². The number of hydrogen-bond acceptors (Lipinski definition) is 3. The highest BCUT2D eigenvalue weighted by Gasteiger charge is 2.25. The fourth-order valence-corrected chi connectivity index (χ4v) is 3.43. The number of hydrogen-bond donors (Lipinski definition) is 0. The number of ketones is 1. The van der Waals surface area contributed by atoms with Gasteiger partial charge in [0.1, 0.15) is 5.71 Å². The second-order valence-electron chi connectivity index (χ2n) is 7.61. The summed E-state index contributed by atoms with van der Waals surface area (Å²) in [5.41, 5.74) is 4.16. The summed E-state index contributed by atoms with van der Waals surface area (Å²) in [7, 11) is 0. The number of allylic oxidation sites excluding steroid dienone is 2. The molecule has 0 aliphatic heterocycles. The van der Waals surface area contributed by atoms with Crippen molar-refractivity contribution in [1.82, 2.24) is 0 Å². The zero-order valence-corrected chi connectivity index (χ0v) is 15.6. The Hall–Kier alpha value is -2.81. The van der Waals surface area contributed by atoms with Gasteiger partial charge < -0.3 is 0 Å². The minimum atomic E-state index is -0.114. The molecule has 0 heterocycles. The maximum atomic E-state index is 13.0. The van der Waals surface area contributed by atoms with Crippen molar-refractivity contribution in [3.05, 3.63) is 83.4 Å². The third kappa shape index (κ3) is 4.42. The summed E-state index contributed by atoms with van der Waals surface area (Å²) in [6.45, 7) is 6.58. The summed E-state index contributed by atoms with van der Waals surface area (Å²) < 4.78 is 0. The van der Waals surface area contributed by atoms with E-state index in [0.29, 0.717) is 11.3 Å². The van der Waals surface area contributed by atoms with Gasteiger partial charge in [0.15, 0.2) is 0 Å². The minimum absolute atomic E-state index is 0.114. The Bertz CT molecular complexity index is 875. The van der Waals surface area contributed by atoms with Crippen molar-refractivity contribution in [2.45, 2.75) is 33.6 Å². The molecule has 0 saturated carbocycles. The Morgan fingerprint density at radius 1 is 0.885 bits per heavy atom. The van der Waals surface area contributed by atoms with Crippen LogP contribution in [0.1, 0.15) is 49.5 Å². The summed E-state index contributed by atoms with van der Waals surface area (Å²) in [4.78, 5) is 13.0. The van der Waals surface area contributed by atoms with Gasteiger partial charge in [-0.3, -0.25) is 4.79 Å². The molecule has 2 aromatic rings. The Morgan fingerprint density at radius 3 is 2.04 bits per heavy atom. The molecule has 0 fully saturated rings. The van der Waals surface area contributed by atoms with Gasteiger partial charge in [0, 0.05) is 11.1 Å². The number of carbonyl (C=O) groups excluding carboxylic acids is 1. The second-order valence-corrected chi connectivity index (χ2v) is 7.61.